The zero-order chi connectivity index (χ0) is 13.7. The fraction of sp³-hybridized carbons (Fsp3) is 0.714. The summed E-state index contributed by atoms with van der Waals surface area (Å²) < 4.78 is 0. The maximum atomic E-state index is 4.52. The fourth-order valence-electron chi connectivity index (χ4n) is 2.02. The van der Waals surface area contributed by atoms with Crippen molar-refractivity contribution in [2.45, 2.75) is 54.0 Å². The van der Waals surface area contributed by atoms with Crippen molar-refractivity contribution >= 4 is 11.6 Å². The number of rotatable bonds is 6. The first-order valence-electron chi connectivity index (χ1n) is 6.85. The Morgan fingerprint density at radius 2 is 1.67 bits per heavy atom. The molecule has 0 saturated heterocycles. The minimum Gasteiger partial charge on any atom is -0.370 e. The van der Waals surface area contributed by atoms with Gasteiger partial charge >= 0.3 is 0 Å². The van der Waals surface area contributed by atoms with E-state index >= 15 is 0 Å². The molecule has 4 heteroatoms. The van der Waals surface area contributed by atoms with Crippen molar-refractivity contribution in [2.75, 3.05) is 17.2 Å². The Kier molecular flexibility index (Phi) is 5.38. The lowest BCUT2D eigenvalue weighted by atomic mass is 10.0. The molecule has 0 fully saturated rings. The van der Waals surface area contributed by atoms with Crippen LogP contribution in [0.4, 0.5) is 11.6 Å². The summed E-state index contributed by atoms with van der Waals surface area (Å²) >= 11 is 0. The zero-order valence-electron chi connectivity index (χ0n) is 12.5. The molecule has 0 spiro atoms. The number of aromatic nitrogens is 2. The van der Waals surface area contributed by atoms with Gasteiger partial charge in [-0.15, -0.1) is 0 Å². The predicted molar refractivity (Wildman–Crippen MR) is 78.2 cm³/mol. The van der Waals surface area contributed by atoms with Crippen molar-refractivity contribution in [3.63, 3.8) is 0 Å². The first kappa shape index (κ1) is 14.7. The van der Waals surface area contributed by atoms with Crippen molar-refractivity contribution in [3.8, 4) is 0 Å². The van der Waals surface area contributed by atoms with Crippen molar-refractivity contribution in [3.05, 3.63) is 11.4 Å². The highest BCUT2D eigenvalue weighted by atomic mass is 15.1. The number of nitrogens with one attached hydrogen (secondary N) is 2. The molecule has 0 bridgehead atoms. The summed E-state index contributed by atoms with van der Waals surface area (Å²) in [5.41, 5.74) is 1.10. The van der Waals surface area contributed by atoms with Crippen molar-refractivity contribution in [1.82, 2.24) is 9.97 Å². The third-order valence-electron chi connectivity index (χ3n) is 3.17. The van der Waals surface area contributed by atoms with Crippen LogP contribution in [0.5, 0.6) is 0 Å². The number of hydrogen-bond acceptors (Lipinski definition) is 4. The van der Waals surface area contributed by atoms with E-state index in [2.05, 4.69) is 55.2 Å². The van der Waals surface area contributed by atoms with E-state index in [1.54, 1.807) is 0 Å². The molecule has 102 valence electrons. The molecule has 0 saturated carbocycles. The molecule has 1 unspecified atom stereocenters. The third kappa shape index (κ3) is 3.59. The Morgan fingerprint density at radius 1 is 1.06 bits per heavy atom. The second kappa shape index (κ2) is 6.57. The van der Waals surface area contributed by atoms with E-state index in [0.717, 1.165) is 36.0 Å². The van der Waals surface area contributed by atoms with Gasteiger partial charge in [0.2, 0.25) is 0 Å². The standard InChI is InChI=1S/C14H26N4/c1-7-12(9(3)4)18-14-10(5)13(15-8-2)16-11(6)17-14/h9,12H,7-8H2,1-6H3,(H2,15,16,17,18). The van der Waals surface area contributed by atoms with Crippen LogP contribution >= 0.6 is 0 Å². The van der Waals surface area contributed by atoms with Gasteiger partial charge in [-0.2, -0.15) is 0 Å². The molecule has 0 aliphatic carbocycles. The van der Waals surface area contributed by atoms with Crippen molar-refractivity contribution in [1.29, 1.82) is 0 Å². The van der Waals surface area contributed by atoms with Crippen LogP contribution in [-0.4, -0.2) is 22.6 Å². The summed E-state index contributed by atoms with van der Waals surface area (Å²) in [5.74, 6) is 3.29. The maximum absolute atomic E-state index is 4.52. The van der Waals surface area contributed by atoms with E-state index in [9.17, 15) is 0 Å². The SMILES string of the molecule is CCNc1nc(C)nc(NC(CC)C(C)C)c1C. The Bertz CT molecular complexity index is 388. The molecule has 0 aliphatic heterocycles. The van der Waals surface area contributed by atoms with Crippen molar-refractivity contribution < 1.29 is 0 Å². The van der Waals surface area contributed by atoms with Gasteiger partial charge in [0.1, 0.15) is 17.5 Å². The van der Waals surface area contributed by atoms with Crippen LogP contribution in [-0.2, 0) is 0 Å². The average molecular weight is 250 g/mol. The first-order chi connectivity index (χ1) is 8.49. The number of aryl methyl sites for hydroxylation is 1. The van der Waals surface area contributed by atoms with Gasteiger partial charge in [0.05, 0.1) is 0 Å². The van der Waals surface area contributed by atoms with Gasteiger partial charge in [-0.25, -0.2) is 9.97 Å². The average Bonchev–Trinajstić information content (AvgIpc) is 2.31. The Hall–Kier alpha value is -1.32. The van der Waals surface area contributed by atoms with Gasteiger partial charge in [-0.1, -0.05) is 20.8 Å². The summed E-state index contributed by atoms with van der Waals surface area (Å²) in [4.78, 5) is 8.96. The van der Waals surface area contributed by atoms with E-state index in [-0.39, 0.29) is 0 Å². The Labute approximate surface area is 111 Å². The molecule has 1 aromatic rings. The smallest absolute Gasteiger partial charge is 0.134 e. The van der Waals surface area contributed by atoms with Crippen LogP contribution < -0.4 is 10.6 Å². The lowest BCUT2D eigenvalue weighted by molar-refractivity contribution is 0.509. The molecule has 18 heavy (non-hydrogen) atoms. The molecule has 1 aromatic heterocycles. The van der Waals surface area contributed by atoms with Gasteiger partial charge in [0, 0.05) is 18.2 Å². The first-order valence-corrected chi connectivity index (χ1v) is 6.85. The van der Waals surface area contributed by atoms with E-state index in [1.807, 2.05) is 6.92 Å². The fourth-order valence-corrected chi connectivity index (χ4v) is 2.02. The molecular weight excluding hydrogens is 224 g/mol. The van der Waals surface area contributed by atoms with Gasteiger partial charge in [0.25, 0.3) is 0 Å². The van der Waals surface area contributed by atoms with Crippen LogP contribution in [0.15, 0.2) is 0 Å². The maximum Gasteiger partial charge on any atom is 0.134 e. The quantitative estimate of drug-likeness (QED) is 0.812. The summed E-state index contributed by atoms with van der Waals surface area (Å²) in [5, 5.41) is 6.83. The molecule has 2 N–H and O–H groups in total. The molecule has 0 aromatic carbocycles. The molecule has 0 amide bonds. The minimum atomic E-state index is 0.451. The molecule has 1 heterocycles. The zero-order valence-corrected chi connectivity index (χ0v) is 12.5. The highest BCUT2D eigenvalue weighted by Crippen LogP contribution is 2.22. The normalized spacial score (nSPS) is 12.6. The van der Waals surface area contributed by atoms with Crippen LogP contribution in [0.2, 0.25) is 0 Å². The number of nitrogens with zero attached hydrogens (tertiary/aromatic N) is 2. The van der Waals surface area contributed by atoms with Gasteiger partial charge < -0.3 is 10.6 Å². The van der Waals surface area contributed by atoms with E-state index in [0.29, 0.717) is 12.0 Å². The number of anilines is 2. The summed E-state index contributed by atoms with van der Waals surface area (Å²) in [6.07, 6.45) is 1.09. The molecule has 0 aliphatic rings. The van der Waals surface area contributed by atoms with Gasteiger partial charge in [-0.05, 0) is 33.1 Å². The molecule has 1 atom stereocenters. The Morgan fingerprint density at radius 3 is 2.17 bits per heavy atom. The lowest BCUT2D eigenvalue weighted by Gasteiger charge is -2.23. The van der Waals surface area contributed by atoms with Crippen LogP contribution in [0, 0.1) is 19.8 Å². The minimum absolute atomic E-state index is 0.451. The van der Waals surface area contributed by atoms with Gasteiger partial charge in [-0.3, -0.25) is 0 Å². The molecular formula is C14H26N4. The lowest BCUT2D eigenvalue weighted by Crippen LogP contribution is -2.26. The highest BCUT2D eigenvalue weighted by molar-refractivity contribution is 5.57. The summed E-state index contributed by atoms with van der Waals surface area (Å²) in [6, 6.07) is 0.451. The molecule has 0 radical (unpaired) electrons. The number of hydrogen-bond donors (Lipinski definition) is 2. The van der Waals surface area contributed by atoms with Crippen LogP contribution in [0.1, 0.15) is 45.5 Å². The summed E-state index contributed by atoms with van der Waals surface area (Å²) in [7, 11) is 0. The van der Waals surface area contributed by atoms with E-state index in [4.69, 9.17) is 0 Å². The molecule has 1 rings (SSSR count). The topological polar surface area (TPSA) is 49.8 Å². The van der Waals surface area contributed by atoms with E-state index < -0.39 is 0 Å². The Balaban J connectivity index is 3.00. The monoisotopic (exact) mass is 250 g/mol. The van der Waals surface area contributed by atoms with Crippen LogP contribution in [0.25, 0.3) is 0 Å². The third-order valence-corrected chi connectivity index (χ3v) is 3.17. The largest absolute Gasteiger partial charge is 0.370 e. The predicted octanol–water partition coefficient (Wildman–Crippen LogP) is 3.37. The summed E-state index contributed by atoms with van der Waals surface area (Å²) in [6.45, 7) is 13.6. The second-order valence-electron chi connectivity index (χ2n) is 5.03. The van der Waals surface area contributed by atoms with Crippen molar-refractivity contribution in [2.24, 2.45) is 5.92 Å². The van der Waals surface area contributed by atoms with Gasteiger partial charge in [0.15, 0.2) is 0 Å². The molecule has 4 nitrogen and oxygen atoms in total. The van der Waals surface area contributed by atoms with Crippen LogP contribution in [0.3, 0.4) is 0 Å². The van der Waals surface area contributed by atoms with E-state index in [1.165, 1.54) is 0 Å². The second-order valence-corrected chi connectivity index (χ2v) is 5.03. The highest BCUT2D eigenvalue weighted by Gasteiger charge is 2.15.